The van der Waals surface area contributed by atoms with Crippen LogP contribution in [0.25, 0.3) is 0 Å². The van der Waals surface area contributed by atoms with Crippen LogP contribution in [-0.2, 0) is 9.59 Å². The minimum atomic E-state index is -0.310. The molecular weight excluding hydrogens is 230 g/mol. The Morgan fingerprint density at radius 3 is 2.50 bits per heavy atom. The van der Waals surface area contributed by atoms with Crippen molar-refractivity contribution in [3.05, 3.63) is 24.3 Å². The lowest BCUT2D eigenvalue weighted by atomic mass is 10.2. The topological polar surface area (TPSA) is 55.4 Å². The highest BCUT2D eigenvalue weighted by Crippen LogP contribution is 2.21. The summed E-state index contributed by atoms with van der Waals surface area (Å²) in [5.41, 5.74) is 0.338. The van der Waals surface area contributed by atoms with Crippen molar-refractivity contribution in [3.63, 3.8) is 0 Å². The molecular formula is C14H19NO3. The Hall–Kier alpha value is -1.84. The first kappa shape index (κ1) is 14.2. The molecule has 0 unspecified atom stereocenters. The number of ether oxygens (including phenoxy) is 1. The Kier molecular flexibility index (Phi) is 4.48. The quantitative estimate of drug-likeness (QED) is 0.835. The number of nitrogens with one attached hydrogen (secondary N) is 1. The molecule has 4 heteroatoms. The molecule has 4 nitrogen and oxygen atoms in total. The predicted octanol–water partition coefficient (Wildman–Crippen LogP) is 2.78. The first-order chi connectivity index (χ1) is 8.26. The van der Waals surface area contributed by atoms with Crippen LogP contribution in [0.5, 0.6) is 5.75 Å². The smallest absolute Gasteiger partial charge is 0.231 e. The predicted molar refractivity (Wildman–Crippen MR) is 70.8 cm³/mol. The molecule has 0 fully saturated rings. The summed E-state index contributed by atoms with van der Waals surface area (Å²) in [5, 5.41) is 2.66. The van der Waals surface area contributed by atoms with Gasteiger partial charge in [-0.2, -0.15) is 0 Å². The number of hydrogen-bond acceptors (Lipinski definition) is 3. The standard InChI is InChI=1S/C14H19NO3/c1-10(16)8-13(17)15-11-6-5-7-12(9-11)18-14(2,3)4/h5-7,9H,8H2,1-4H3,(H,15,17). The van der Waals surface area contributed by atoms with Crippen LogP contribution >= 0.6 is 0 Å². The third-order valence-electron chi connectivity index (χ3n) is 1.95. The molecule has 0 atom stereocenters. The van der Waals surface area contributed by atoms with Crippen LogP contribution in [0.1, 0.15) is 34.1 Å². The Morgan fingerprint density at radius 2 is 1.94 bits per heavy atom. The van der Waals surface area contributed by atoms with Gasteiger partial charge in [0.2, 0.25) is 5.91 Å². The Balaban J connectivity index is 2.70. The molecule has 1 rings (SSSR count). The third kappa shape index (κ3) is 5.48. The van der Waals surface area contributed by atoms with E-state index in [9.17, 15) is 9.59 Å². The zero-order chi connectivity index (χ0) is 13.8. The fourth-order valence-corrected chi connectivity index (χ4v) is 1.42. The van der Waals surface area contributed by atoms with Crippen molar-refractivity contribution < 1.29 is 14.3 Å². The highest BCUT2D eigenvalue weighted by Gasteiger charge is 2.12. The van der Waals surface area contributed by atoms with Gasteiger partial charge in [-0.25, -0.2) is 0 Å². The van der Waals surface area contributed by atoms with Gasteiger partial charge >= 0.3 is 0 Å². The molecule has 1 N–H and O–H groups in total. The zero-order valence-electron chi connectivity index (χ0n) is 11.2. The van der Waals surface area contributed by atoms with E-state index in [1.54, 1.807) is 18.2 Å². The minimum Gasteiger partial charge on any atom is -0.488 e. The number of anilines is 1. The van der Waals surface area contributed by atoms with E-state index in [1.165, 1.54) is 6.92 Å². The number of Topliss-reactive ketones (excluding diaryl/α,β-unsaturated/α-hetero) is 1. The number of amides is 1. The molecule has 1 amide bonds. The van der Waals surface area contributed by atoms with Crippen LogP contribution in [0.15, 0.2) is 24.3 Å². The molecule has 0 bridgehead atoms. The summed E-state index contributed by atoms with van der Waals surface area (Å²) in [7, 11) is 0. The van der Waals surface area contributed by atoms with Gasteiger partial charge in [0, 0.05) is 11.8 Å². The van der Waals surface area contributed by atoms with Gasteiger partial charge in [0.25, 0.3) is 0 Å². The third-order valence-corrected chi connectivity index (χ3v) is 1.95. The highest BCUT2D eigenvalue weighted by atomic mass is 16.5. The van der Waals surface area contributed by atoms with Crippen molar-refractivity contribution in [2.24, 2.45) is 0 Å². The van der Waals surface area contributed by atoms with Gasteiger partial charge in [0.05, 0.1) is 6.42 Å². The number of benzene rings is 1. The van der Waals surface area contributed by atoms with Crippen molar-refractivity contribution in [2.45, 2.75) is 39.7 Å². The minimum absolute atomic E-state index is 0.107. The molecule has 0 saturated heterocycles. The Bertz CT molecular complexity index is 447. The molecule has 0 aliphatic heterocycles. The van der Waals surface area contributed by atoms with E-state index in [2.05, 4.69) is 5.32 Å². The molecule has 0 heterocycles. The van der Waals surface area contributed by atoms with Gasteiger partial charge in [-0.05, 0) is 39.8 Å². The number of carbonyl (C=O) groups is 2. The Morgan fingerprint density at radius 1 is 1.28 bits per heavy atom. The molecule has 18 heavy (non-hydrogen) atoms. The van der Waals surface area contributed by atoms with Crippen LogP contribution in [0, 0.1) is 0 Å². The first-order valence-electron chi connectivity index (χ1n) is 5.84. The summed E-state index contributed by atoms with van der Waals surface area (Å²) in [6.07, 6.45) is -0.107. The highest BCUT2D eigenvalue weighted by molar-refractivity contribution is 6.03. The summed E-state index contributed by atoms with van der Waals surface area (Å²) in [5.74, 6) is 0.216. The summed E-state index contributed by atoms with van der Waals surface area (Å²) in [6, 6.07) is 7.12. The number of rotatable bonds is 4. The maximum Gasteiger partial charge on any atom is 0.231 e. The van der Waals surface area contributed by atoms with Crippen LogP contribution < -0.4 is 10.1 Å². The van der Waals surface area contributed by atoms with Crippen LogP contribution in [0.4, 0.5) is 5.69 Å². The van der Waals surface area contributed by atoms with Gasteiger partial charge < -0.3 is 10.1 Å². The number of hydrogen-bond donors (Lipinski definition) is 1. The van der Waals surface area contributed by atoms with E-state index in [1.807, 2.05) is 26.8 Å². The van der Waals surface area contributed by atoms with Crippen molar-refractivity contribution in [3.8, 4) is 5.75 Å². The van der Waals surface area contributed by atoms with Crippen molar-refractivity contribution in [2.75, 3.05) is 5.32 Å². The van der Waals surface area contributed by atoms with Crippen molar-refractivity contribution in [1.82, 2.24) is 0 Å². The molecule has 0 aliphatic rings. The summed E-state index contributed by atoms with van der Waals surface area (Å²) in [4.78, 5) is 22.3. The number of ketones is 1. The molecule has 98 valence electrons. The van der Waals surface area contributed by atoms with Crippen molar-refractivity contribution >= 4 is 17.4 Å². The van der Waals surface area contributed by atoms with Gasteiger partial charge in [-0.1, -0.05) is 6.07 Å². The average Bonchev–Trinajstić information content (AvgIpc) is 2.13. The molecule has 0 saturated carbocycles. The van der Waals surface area contributed by atoms with Crippen LogP contribution in [-0.4, -0.2) is 17.3 Å². The van der Waals surface area contributed by atoms with E-state index < -0.39 is 0 Å². The van der Waals surface area contributed by atoms with E-state index in [4.69, 9.17) is 4.74 Å². The van der Waals surface area contributed by atoms with Crippen molar-refractivity contribution in [1.29, 1.82) is 0 Å². The lowest BCUT2D eigenvalue weighted by Gasteiger charge is -2.21. The number of carbonyl (C=O) groups excluding carboxylic acids is 2. The summed E-state index contributed by atoms with van der Waals surface area (Å²) < 4.78 is 5.69. The van der Waals surface area contributed by atoms with E-state index in [0.717, 1.165) is 0 Å². The SMILES string of the molecule is CC(=O)CC(=O)Nc1cccc(OC(C)(C)C)c1. The molecule has 0 aliphatic carbocycles. The maximum atomic E-state index is 11.4. The van der Waals surface area contributed by atoms with Gasteiger partial charge in [-0.3, -0.25) is 9.59 Å². The molecule has 0 radical (unpaired) electrons. The maximum absolute atomic E-state index is 11.4. The van der Waals surface area contributed by atoms with E-state index in [0.29, 0.717) is 11.4 Å². The molecule has 0 aromatic heterocycles. The summed E-state index contributed by atoms with van der Waals surface area (Å²) >= 11 is 0. The fourth-order valence-electron chi connectivity index (χ4n) is 1.42. The van der Waals surface area contributed by atoms with Gasteiger partial charge in [-0.15, -0.1) is 0 Å². The molecule has 1 aromatic rings. The van der Waals surface area contributed by atoms with Gasteiger partial charge in [0.1, 0.15) is 17.1 Å². The first-order valence-corrected chi connectivity index (χ1v) is 5.84. The second-order valence-corrected chi connectivity index (χ2v) is 5.17. The second-order valence-electron chi connectivity index (χ2n) is 5.17. The molecule has 0 spiro atoms. The van der Waals surface area contributed by atoms with Gasteiger partial charge in [0.15, 0.2) is 0 Å². The molecule has 1 aromatic carbocycles. The van der Waals surface area contributed by atoms with Crippen LogP contribution in [0.2, 0.25) is 0 Å². The summed E-state index contributed by atoms with van der Waals surface area (Å²) in [6.45, 7) is 7.24. The zero-order valence-corrected chi connectivity index (χ0v) is 11.2. The normalized spacial score (nSPS) is 10.9. The monoisotopic (exact) mass is 249 g/mol. The second kappa shape index (κ2) is 5.67. The lowest BCUT2D eigenvalue weighted by molar-refractivity contribution is -0.124. The average molecular weight is 249 g/mol. The Labute approximate surface area is 107 Å². The van der Waals surface area contributed by atoms with E-state index in [-0.39, 0.29) is 23.7 Å². The largest absolute Gasteiger partial charge is 0.488 e. The lowest BCUT2D eigenvalue weighted by Crippen LogP contribution is -2.23. The fraction of sp³-hybridized carbons (Fsp3) is 0.429. The van der Waals surface area contributed by atoms with Crippen LogP contribution in [0.3, 0.4) is 0 Å². The van der Waals surface area contributed by atoms with E-state index >= 15 is 0 Å².